The summed E-state index contributed by atoms with van der Waals surface area (Å²) in [5, 5.41) is 0. The van der Waals surface area contributed by atoms with Gasteiger partial charge in [0.2, 0.25) is 0 Å². The number of hydrogen-bond donors (Lipinski definition) is 0. The summed E-state index contributed by atoms with van der Waals surface area (Å²) >= 11 is 0. The second kappa shape index (κ2) is 19.7. The Morgan fingerprint density at radius 2 is 0.410 bits per heavy atom. The summed E-state index contributed by atoms with van der Waals surface area (Å²) in [6.07, 6.45) is 9.21. The van der Waals surface area contributed by atoms with Crippen molar-refractivity contribution >= 4 is 58.4 Å². The number of fused-ring (bicyclic) bond motifs is 9. The second-order valence-electron chi connectivity index (χ2n) is 26.3. The Labute approximate surface area is 494 Å². The maximum absolute atomic E-state index is 2.45. The molecule has 0 saturated carbocycles. The SMILES string of the molecule is Cc1cc(C)cc(N(c2cc(C)cc(C)c2)c2ccc3c(c2)C(C)(C)c2cc(/C=C/c4ccc5c(c4)C(C)(C)c4cc(/C=C/c6ccc7c(c6)C(C)(C)c6cc(N(c8cc(C)cc(C)c8)c8cc(C)cc(C)c8)ccc6-7)ccc4-5)ccc2-3)c1. The smallest absolute Gasteiger partial charge is 0.0466 e. The molecule has 0 heterocycles. The molecule has 0 N–H and O–H groups in total. The van der Waals surface area contributed by atoms with Crippen molar-refractivity contribution in [2.24, 2.45) is 0 Å². The average Bonchev–Trinajstić information content (AvgIpc) is 1.90. The third-order valence-corrected chi connectivity index (χ3v) is 18.4. The number of nitrogens with zero attached hydrogens (tertiary/aromatic N) is 2. The minimum atomic E-state index is -0.179. The van der Waals surface area contributed by atoms with Crippen LogP contribution < -0.4 is 9.80 Å². The molecular weight excluding hydrogens is 1000 g/mol. The van der Waals surface area contributed by atoms with E-state index in [-0.39, 0.29) is 16.2 Å². The second-order valence-corrected chi connectivity index (χ2v) is 26.3. The third kappa shape index (κ3) is 9.38. The summed E-state index contributed by atoms with van der Waals surface area (Å²) in [6, 6.07) is 70.0. The van der Waals surface area contributed by atoms with Crippen molar-refractivity contribution < 1.29 is 0 Å². The Kier molecular flexibility index (Phi) is 12.7. The highest BCUT2D eigenvalue weighted by molar-refractivity contribution is 5.90. The fourth-order valence-electron chi connectivity index (χ4n) is 14.6. The molecule has 13 rings (SSSR count). The van der Waals surface area contributed by atoms with E-state index in [0.29, 0.717) is 0 Å². The van der Waals surface area contributed by atoms with E-state index in [1.54, 1.807) is 0 Å². The van der Waals surface area contributed by atoms with E-state index in [2.05, 4.69) is 313 Å². The predicted octanol–water partition coefficient (Wildman–Crippen LogP) is 22.4. The van der Waals surface area contributed by atoms with Crippen LogP contribution in [-0.4, -0.2) is 0 Å². The molecule has 0 atom stereocenters. The van der Waals surface area contributed by atoms with Gasteiger partial charge >= 0.3 is 0 Å². The van der Waals surface area contributed by atoms with Gasteiger partial charge in [-0.2, -0.15) is 0 Å². The maximum Gasteiger partial charge on any atom is 0.0466 e. The fourth-order valence-corrected chi connectivity index (χ4v) is 14.6. The zero-order chi connectivity index (χ0) is 58.0. The summed E-state index contributed by atoms with van der Waals surface area (Å²) in [4.78, 5) is 4.89. The molecule has 83 heavy (non-hydrogen) atoms. The molecule has 0 bridgehead atoms. The van der Waals surface area contributed by atoms with Crippen LogP contribution in [0, 0.1) is 55.4 Å². The van der Waals surface area contributed by atoms with Gasteiger partial charge < -0.3 is 9.80 Å². The lowest BCUT2D eigenvalue weighted by Gasteiger charge is -2.29. The van der Waals surface area contributed by atoms with Crippen LogP contribution in [0.4, 0.5) is 34.1 Å². The zero-order valence-electron chi connectivity index (χ0n) is 51.0. The van der Waals surface area contributed by atoms with Gasteiger partial charge in [-0.15, -0.1) is 0 Å². The normalized spacial score (nSPS) is 14.6. The average molecular weight is 1080 g/mol. The quantitative estimate of drug-likeness (QED) is 0.126. The molecule has 410 valence electrons. The molecule has 10 aromatic carbocycles. The van der Waals surface area contributed by atoms with Gasteiger partial charge in [-0.05, 0) is 262 Å². The highest BCUT2D eigenvalue weighted by atomic mass is 15.1. The molecule has 0 radical (unpaired) electrons. The van der Waals surface area contributed by atoms with E-state index >= 15 is 0 Å². The topological polar surface area (TPSA) is 6.48 Å². The lowest BCUT2D eigenvalue weighted by Crippen LogP contribution is -2.17. The van der Waals surface area contributed by atoms with Crippen molar-refractivity contribution in [3.8, 4) is 33.4 Å². The van der Waals surface area contributed by atoms with E-state index in [1.807, 2.05) is 0 Å². The van der Waals surface area contributed by atoms with Gasteiger partial charge in [0.25, 0.3) is 0 Å². The van der Waals surface area contributed by atoms with Crippen LogP contribution in [0.5, 0.6) is 0 Å². The minimum absolute atomic E-state index is 0.152. The van der Waals surface area contributed by atoms with Crippen molar-refractivity contribution in [1.29, 1.82) is 0 Å². The zero-order valence-corrected chi connectivity index (χ0v) is 51.0. The van der Waals surface area contributed by atoms with Crippen LogP contribution >= 0.6 is 0 Å². The van der Waals surface area contributed by atoms with Crippen LogP contribution in [-0.2, 0) is 16.2 Å². The first-order valence-electron chi connectivity index (χ1n) is 29.8. The molecule has 0 spiro atoms. The van der Waals surface area contributed by atoms with Crippen molar-refractivity contribution in [3.05, 3.63) is 282 Å². The molecule has 10 aromatic rings. The van der Waals surface area contributed by atoms with Crippen molar-refractivity contribution in [2.45, 2.75) is 113 Å². The number of benzene rings is 10. The number of anilines is 6. The van der Waals surface area contributed by atoms with Crippen LogP contribution in [0.3, 0.4) is 0 Å². The number of aryl methyl sites for hydroxylation is 8. The first-order valence-corrected chi connectivity index (χ1v) is 29.8. The van der Waals surface area contributed by atoms with E-state index < -0.39 is 0 Å². The molecular formula is C81H76N2. The molecule has 0 saturated heterocycles. The maximum atomic E-state index is 2.45. The molecule has 0 aliphatic heterocycles. The number of rotatable bonds is 10. The van der Waals surface area contributed by atoms with Crippen LogP contribution in [0.15, 0.2) is 182 Å². The van der Waals surface area contributed by atoms with Crippen molar-refractivity contribution in [1.82, 2.24) is 0 Å². The van der Waals surface area contributed by atoms with Crippen LogP contribution in [0.1, 0.15) is 142 Å². The summed E-state index contributed by atoms with van der Waals surface area (Å²) < 4.78 is 0. The van der Waals surface area contributed by atoms with Crippen molar-refractivity contribution in [2.75, 3.05) is 9.80 Å². The fraction of sp³-hybridized carbons (Fsp3) is 0.210. The Balaban J connectivity index is 0.737. The first kappa shape index (κ1) is 53.6. The Morgan fingerprint density at radius 3 is 0.627 bits per heavy atom. The minimum Gasteiger partial charge on any atom is -0.310 e. The van der Waals surface area contributed by atoms with Gasteiger partial charge in [-0.1, -0.05) is 175 Å². The monoisotopic (exact) mass is 1080 g/mol. The first-order chi connectivity index (χ1) is 39.6. The summed E-state index contributed by atoms with van der Waals surface area (Å²) in [6.45, 7) is 31.9. The molecule has 0 fully saturated rings. The summed E-state index contributed by atoms with van der Waals surface area (Å²) in [7, 11) is 0. The highest BCUT2D eigenvalue weighted by Crippen LogP contribution is 2.54. The lowest BCUT2D eigenvalue weighted by atomic mass is 9.81. The highest BCUT2D eigenvalue weighted by Gasteiger charge is 2.39. The van der Waals surface area contributed by atoms with E-state index in [1.165, 1.54) is 168 Å². The van der Waals surface area contributed by atoms with Gasteiger partial charge in [-0.25, -0.2) is 0 Å². The number of hydrogen-bond acceptors (Lipinski definition) is 2. The van der Waals surface area contributed by atoms with E-state index in [4.69, 9.17) is 0 Å². The predicted molar refractivity (Wildman–Crippen MR) is 357 cm³/mol. The Morgan fingerprint density at radius 1 is 0.217 bits per heavy atom. The van der Waals surface area contributed by atoms with E-state index in [0.717, 1.165) is 0 Å². The van der Waals surface area contributed by atoms with Crippen molar-refractivity contribution in [3.63, 3.8) is 0 Å². The molecule has 0 amide bonds. The lowest BCUT2D eigenvalue weighted by molar-refractivity contribution is 0.660. The van der Waals surface area contributed by atoms with Gasteiger partial charge in [-0.3, -0.25) is 0 Å². The van der Waals surface area contributed by atoms with Crippen LogP contribution in [0.25, 0.3) is 57.7 Å². The van der Waals surface area contributed by atoms with Crippen LogP contribution in [0.2, 0.25) is 0 Å². The standard InChI is InChI=1S/C81H76N2/c1-49-31-50(2)36-63(35-49)82(64-37-51(3)32-52(4)38-64)61-23-29-71-69-27-21-59(45-75(69)80(11,12)77(71)47-61)17-15-57-19-25-67-68-26-20-58(44-74(68)79(9,10)73(67)43-57)16-18-60-22-28-70-72-30-24-62(48-78(72)81(13,14)76(70)46-60)83(65-39-53(5)33-54(6)40-65)66-41-55(7)34-56(8)42-66/h15-48H,1-14H3/b17-15+,18-16+. The van der Waals surface area contributed by atoms with E-state index in [9.17, 15) is 0 Å². The molecule has 2 heteroatoms. The third-order valence-electron chi connectivity index (χ3n) is 18.4. The molecule has 2 nitrogen and oxygen atoms in total. The van der Waals surface area contributed by atoms with Gasteiger partial charge in [0, 0.05) is 50.4 Å². The Bertz CT molecular complexity index is 3930. The Hall–Kier alpha value is -8.72. The van der Waals surface area contributed by atoms with Gasteiger partial charge in [0.05, 0.1) is 0 Å². The molecule has 3 aliphatic rings. The molecule has 0 unspecified atom stereocenters. The largest absolute Gasteiger partial charge is 0.310 e. The van der Waals surface area contributed by atoms with Gasteiger partial charge in [0.1, 0.15) is 0 Å². The summed E-state index contributed by atoms with van der Waals surface area (Å²) in [5.74, 6) is 0. The van der Waals surface area contributed by atoms with Gasteiger partial charge in [0.15, 0.2) is 0 Å². The molecule has 0 aromatic heterocycles. The summed E-state index contributed by atoms with van der Waals surface area (Å²) in [5.41, 5.74) is 37.8. The molecule has 3 aliphatic carbocycles.